The van der Waals surface area contributed by atoms with Crippen LogP contribution in [0.5, 0.6) is 11.5 Å². The number of benzene rings is 5. The van der Waals surface area contributed by atoms with Gasteiger partial charge in [0.25, 0.3) is 18.0 Å². The summed E-state index contributed by atoms with van der Waals surface area (Å²) in [6, 6.07) is 9.79. The Balaban J connectivity index is 1.18. The quantitative estimate of drug-likeness (QED) is 0.0112. The number of aromatic hydroxyl groups is 1. The molecule has 48 heteroatoms. The van der Waals surface area contributed by atoms with Crippen molar-refractivity contribution in [1.29, 1.82) is 0 Å². The fraction of sp³-hybridized carbons (Fsp3) is 0.429. The topological polar surface area (TPSA) is 753 Å². The van der Waals surface area contributed by atoms with Crippen molar-refractivity contribution >= 4 is 135 Å². The molecule has 132 heavy (non-hydrogen) atoms. The van der Waals surface area contributed by atoms with Gasteiger partial charge in [-0.15, -0.1) is 0 Å². The fourth-order valence-electron chi connectivity index (χ4n) is 13.6. The first-order valence-electron chi connectivity index (χ1n) is 41.2. The van der Waals surface area contributed by atoms with E-state index in [1.54, 1.807) is 42.5 Å². The minimum absolute atomic E-state index is 0.00788. The number of amides is 10. The van der Waals surface area contributed by atoms with Gasteiger partial charge in [0.1, 0.15) is 59.8 Å². The Morgan fingerprint density at radius 3 is 1.33 bits per heavy atom. The third kappa shape index (κ3) is 37.6. The number of phenolic OH excluding ortho intramolecular Hbond substituents is 1. The number of fused-ring (bicyclic) bond motifs is 1. The molecule has 1 aliphatic heterocycles. The molecule has 6 rings (SSSR count). The van der Waals surface area contributed by atoms with Gasteiger partial charge in [-0.1, -0.05) is 54.6 Å². The molecule has 1 heterocycles. The number of anilines is 1. The predicted octanol–water partition coefficient (Wildman–Crippen LogP) is -2.13. The Morgan fingerprint density at radius 1 is 0.364 bits per heavy atom. The second-order valence-electron chi connectivity index (χ2n) is 30.6. The second-order valence-corrected chi connectivity index (χ2v) is 30.6. The van der Waals surface area contributed by atoms with Gasteiger partial charge in [0.15, 0.2) is 0 Å². The highest BCUT2D eigenvalue weighted by molar-refractivity contribution is 6.04. The van der Waals surface area contributed by atoms with E-state index in [1.807, 2.05) is 10.6 Å². The summed E-state index contributed by atoms with van der Waals surface area (Å²) < 4.78 is 6.05. The largest absolute Gasteiger partial charge is 0.508 e. The average Bonchev–Trinajstić information content (AvgIpc) is 0.828. The van der Waals surface area contributed by atoms with Crippen molar-refractivity contribution in [2.24, 2.45) is 0 Å². The monoisotopic (exact) mass is 1850 g/mol. The zero-order valence-corrected chi connectivity index (χ0v) is 71.0. The summed E-state index contributed by atoms with van der Waals surface area (Å²) in [6.07, 6.45) is -8.87. The van der Waals surface area contributed by atoms with Crippen LogP contribution >= 0.6 is 0 Å². The van der Waals surface area contributed by atoms with E-state index in [0.717, 1.165) is 35.7 Å². The van der Waals surface area contributed by atoms with Crippen molar-refractivity contribution in [3.05, 3.63) is 137 Å². The molecule has 714 valence electrons. The molecule has 0 radical (unpaired) electrons. The molecule has 1 aliphatic rings. The van der Waals surface area contributed by atoms with E-state index >= 15 is 4.79 Å². The number of rotatable bonds is 53. The van der Waals surface area contributed by atoms with E-state index in [9.17, 15) is 147 Å². The number of ether oxygens (including phenoxy) is 1. The summed E-state index contributed by atoms with van der Waals surface area (Å²) >= 11 is 0. The molecule has 24 N–H and O–H groups in total. The van der Waals surface area contributed by atoms with E-state index in [4.69, 9.17) is 15.6 Å². The molecule has 0 aliphatic carbocycles. The molecule has 1 fully saturated rings. The van der Waals surface area contributed by atoms with Gasteiger partial charge in [-0.3, -0.25) is 81.9 Å². The maximum Gasteiger partial charge on any atom is 0.335 e. The average molecular weight is 1850 g/mol. The Bertz CT molecular complexity index is 4920. The number of aliphatic carboxylic acids is 9. The predicted molar refractivity (Wildman–Crippen MR) is 456 cm³/mol. The van der Waals surface area contributed by atoms with Gasteiger partial charge in [0, 0.05) is 109 Å². The first-order valence-corrected chi connectivity index (χ1v) is 41.2. The molecule has 0 bridgehead atoms. The summed E-state index contributed by atoms with van der Waals surface area (Å²) in [6.45, 7) is -2.59. The highest BCUT2D eigenvalue weighted by Crippen LogP contribution is 2.22. The molecular weight excluding hydrogens is 1750 g/mol. The van der Waals surface area contributed by atoms with Gasteiger partial charge < -0.3 is 125 Å². The highest BCUT2D eigenvalue weighted by atomic mass is 16.5. The maximum absolute atomic E-state index is 15.1. The van der Waals surface area contributed by atoms with Crippen molar-refractivity contribution in [3.63, 3.8) is 0 Å². The lowest BCUT2D eigenvalue weighted by Crippen LogP contribution is -2.60. The first-order chi connectivity index (χ1) is 62.5. The summed E-state index contributed by atoms with van der Waals surface area (Å²) in [5.74, 6) is -25.7. The van der Waals surface area contributed by atoms with Crippen molar-refractivity contribution in [3.8, 4) is 11.5 Å². The van der Waals surface area contributed by atoms with Crippen LogP contribution in [0.25, 0.3) is 10.8 Å². The number of phenols is 1. The molecule has 0 spiro atoms. The zero-order chi connectivity index (χ0) is 97.4. The minimum Gasteiger partial charge on any atom is -0.508 e. The molecule has 0 aromatic heterocycles. The van der Waals surface area contributed by atoms with E-state index < -0.39 is 268 Å². The number of aromatic carboxylic acids is 2. The highest BCUT2D eigenvalue weighted by Gasteiger charge is 2.37. The molecule has 5 aromatic rings. The van der Waals surface area contributed by atoms with Gasteiger partial charge in [0.05, 0.1) is 37.2 Å². The number of unbranched alkanes of at least 4 members (excludes halogenated alkanes) is 1. The molecule has 48 nitrogen and oxygen atoms in total. The van der Waals surface area contributed by atoms with Gasteiger partial charge in [-0.25, -0.2) is 33.6 Å². The van der Waals surface area contributed by atoms with Crippen LogP contribution in [0.1, 0.15) is 119 Å². The third-order valence-corrected chi connectivity index (χ3v) is 20.6. The normalized spacial score (nSPS) is 14.8. The van der Waals surface area contributed by atoms with Crippen molar-refractivity contribution in [2.45, 2.75) is 144 Å². The van der Waals surface area contributed by atoms with Crippen molar-refractivity contribution in [2.75, 3.05) is 90.8 Å². The van der Waals surface area contributed by atoms with E-state index in [1.165, 1.54) is 56.0 Å². The van der Waals surface area contributed by atoms with Crippen LogP contribution in [-0.4, -0.2) is 339 Å². The molecule has 0 saturated carbocycles. The number of nitrogens with two attached hydrogens (primary N) is 1. The minimum atomic E-state index is -2.17. The Labute approximate surface area is 750 Å². The van der Waals surface area contributed by atoms with Crippen LogP contribution in [0, 0.1) is 0 Å². The van der Waals surface area contributed by atoms with Gasteiger partial charge in [-0.2, -0.15) is 0 Å². The standard InChI is InChI=1S/C84H105N15O33/c85-53-14-11-46(12-15-53)37-60(89-65(102)24-22-63(83(129)130)99-34-32-97(44-69(108)109)30-28-96(43-68(106)107)29-31-98(33-35-99)45-70(110)111)74(115)95-76(132-55-18-16-54(100)17-19-55)75(116)92-61(38-47-10-13-48-6-1-2-7-49(48)36-47)73(114)90-57(80(123)124)8-3-4-26-87-72(113)62(91-71(112)50-39-51(77(117)118)41-52(40-50)78(119)120)42-66(103)86-27-5-9-56(79(121)122)88-64(101)23-20-58(81(125)126)93-84(131)94-59(82(127)128)21-25-67(104)105/h1-2,6-7,10-19,36,39-41,56-63,76,100H,3-5,8-9,20-35,37-38,42-45,85H2,(H,86,103)(H,87,113)(H,88,101)(H,89,102)(H,90,114)(H,91,112)(H,92,116)(H,95,115)(H,104,105)(H,106,107)(H,108,109)(H,110,111)(H,117,118)(H,119,120)(H,121,122)(H,123,124)(H,125,126)(H,127,128)(H,129,130)(H2,93,94,131)/t56-,57-,58+,59+,60+,61-,62-,63-,76?/m1/s1. The van der Waals surface area contributed by atoms with E-state index in [0.29, 0.717) is 22.2 Å². The SMILES string of the molecule is Nc1ccc(C[C@H](NC(=O)CC[C@H](C(=O)O)N2CCN(CC(=O)O)CCN(CC(=O)O)CCN(CC(=O)O)CC2)C(=O)NC(Oc2ccc(O)cc2)C(=O)N[C@H](Cc2ccc3ccccc3c2)C(=O)N[C@H](CCCCNC(=O)[C@@H](CC(=O)NCCC[C@@H](NC(=O)CC[C@H](NC(=O)N[C@@H](CCC(=O)O)C(=O)O)C(=O)O)C(=O)O)NC(=O)c2cc(C(=O)O)cc(C(=O)O)c2)C(=O)O)cc1. The second kappa shape index (κ2) is 52.9. The first kappa shape index (κ1) is 106. The van der Waals surface area contributed by atoms with Crippen LogP contribution in [0.2, 0.25) is 0 Å². The number of nitrogens with zero attached hydrogens (tertiary/aromatic N) is 4. The number of hydrogen-bond donors (Lipinski definition) is 23. The number of nitrogen functional groups attached to an aromatic ring is 1. The molecule has 10 amide bonds. The van der Waals surface area contributed by atoms with E-state index in [2.05, 4.69) is 42.5 Å². The van der Waals surface area contributed by atoms with Crippen LogP contribution in [-0.2, 0) is 89.6 Å². The van der Waals surface area contributed by atoms with Gasteiger partial charge in [-0.05, 0) is 128 Å². The Kier molecular flexibility index (Phi) is 42.3. The van der Waals surface area contributed by atoms with E-state index in [-0.39, 0.29) is 109 Å². The number of urea groups is 1. The van der Waals surface area contributed by atoms with Crippen LogP contribution < -0.4 is 63.6 Å². The van der Waals surface area contributed by atoms with Crippen LogP contribution in [0.3, 0.4) is 0 Å². The third-order valence-electron chi connectivity index (χ3n) is 20.6. The number of carboxylic acids is 11. The molecule has 5 aromatic carbocycles. The van der Waals surface area contributed by atoms with Crippen molar-refractivity contribution in [1.82, 2.24) is 72.8 Å². The smallest absolute Gasteiger partial charge is 0.335 e. The molecule has 9 atom stereocenters. The summed E-state index contributed by atoms with van der Waals surface area (Å²) in [7, 11) is 0. The Morgan fingerprint density at radius 2 is 0.811 bits per heavy atom. The van der Waals surface area contributed by atoms with Crippen LogP contribution in [0.15, 0.2) is 109 Å². The number of carbonyl (C=O) groups excluding carboxylic acids is 9. The van der Waals surface area contributed by atoms with Gasteiger partial charge in [0.2, 0.25) is 35.4 Å². The molecule has 1 unspecified atom stereocenters. The summed E-state index contributed by atoms with van der Waals surface area (Å²) in [5.41, 5.74) is 5.11. The number of carbonyl (C=O) groups is 20. The number of nitrogens with one attached hydrogen (secondary N) is 10. The fourth-order valence-corrected chi connectivity index (χ4v) is 13.6. The lowest BCUT2D eigenvalue weighted by Gasteiger charge is -2.35. The lowest BCUT2D eigenvalue weighted by molar-refractivity contribution is -0.145. The zero-order valence-electron chi connectivity index (χ0n) is 71.0. The lowest BCUT2D eigenvalue weighted by atomic mass is 10.0. The van der Waals surface area contributed by atoms with Crippen LogP contribution in [0.4, 0.5) is 10.5 Å². The number of carboxylic acid groups (broad SMARTS) is 11. The Hall–Kier alpha value is -15.2. The summed E-state index contributed by atoms with van der Waals surface area (Å²) in [4.78, 5) is 265. The van der Waals surface area contributed by atoms with Crippen molar-refractivity contribution < 1.29 is 162 Å². The molecular formula is C84H105N15O33. The summed E-state index contributed by atoms with van der Waals surface area (Å²) in [5, 5.41) is 143. The molecule has 1 saturated heterocycles. The van der Waals surface area contributed by atoms with Gasteiger partial charge >= 0.3 is 71.7 Å². The maximum atomic E-state index is 15.1. The number of hydrogen-bond acceptors (Lipinski definition) is 27.